The van der Waals surface area contributed by atoms with Crippen molar-refractivity contribution in [1.82, 2.24) is 0 Å². The zero-order valence-electron chi connectivity index (χ0n) is 10.4. The monoisotopic (exact) mass is 271 g/mol. The van der Waals surface area contributed by atoms with Crippen LogP contribution in [0.25, 0.3) is 0 Å². The second kappa shape index (κ2) is 7.28. The number of alkyl halides is 3. The van der Waals surface area contributed by atoms with Crippen LogP contribution < -0.4 is 5.73 Å². The number of ether oxygens (including phenoxy) is 3. The van der Waals surface area contributed by atoms with Crippen LogP contribution in [0.2, 0.25) is 0 Å². The lowest BCUT2D eigenvalue weighted by Crippen LogP contribution is -2.58. The van der Waals surface area contributed by atoms with Gasteiger partial charge in [-0.05, 0) is 12.8 Å². The van der Waals surface area contributed by atoms with Crippen LogP contribution in [0.4, 0.5) is 13.2 Å². The van der Waals surface area contributed by atoms with Gasteiger partial charge in [0.2, 0.25) is 0 Å². The molecule has 3 unspecified atom stereocenters. The highest BCUT2D eigenvalue weighted by atomic mass is 19.4. The first-order chi connectivity index (χ1) is 8.44. The molecular weight excluding hydrogens is 251 g/mol. The molecule has 1 saturated carbocycles. The standard InChI is InChI=1S/C11H20F3NO3/c1-16-5-6-18-10-8(15)7-9(10)17-4-2-3-11(12,13)14/h8-10H,2-7,15H2,1H3. The minimum absolute atomic E-state index is 0.0277. The number of nitrogens with two attached hydrogens (primary N) is 1. The Balaban J connectivity index is 2.10. The predicted molar refractivity (Wildman–Crippen MR) is 59.2 cm³/mol. The molecule has 0 aromatic carbocycles. The van der Waals surface area contributed by atoms with E-state index < -0.39 is 12.6 Å². The largest absolute Gasteiger partial charge is 0.389 e. The molecule has 108 valence electrons. The van der Waals surface area contributed by atoms with Crippen molar-refractivity contribution >= 4 is 0 Å². The molecule has 2 N–H and O–H groups in total. The maximum Gasteiger partial charge on any atom is 0.389 e. The molecule has 18 heavy (non-hydrogen) atoms. The third-order valence-electron chi connectivity index (χ3n) is 2.83. The smallest absolute Gasteiger partial charge is 0.382 e. The Bertz CT molecular complexity index is 238. The second-order valence-electron chi connectivity index (χ2n) is 4.36. The molecule has 1 rings (SSSR count). The second-order valence-corrected chi connectivity index (χ2v) is 4.36. The van der Waals surface area contributed by atoms with Crippen molar-refractivity contribution in [2.24, 2.45) is 5.73 Å². The molecule has 0 spiro atoms. The molecule has 0 amide bonds. The van der Waals surface area contributed by atoms with E-state index in [9.17, 15) is 13.2 Å². The summed E-state index contributed by atoms with van der Waals surface area (Å²) in [6.07, 6.45) is -4.76. The topological polar surface area (TPSA) is 53.7 Å². The summed E-state index contributed by atoms with van der Waals surface area (Å²) in [6.45, 7) is 0.961. The third kappa shape index (κ3) is 5.51. The maximum atomic E-state index is 11.9. The molecule has 4 nitrogen and oxygen atoms in total. The van der Waals surface area contributed by atoms with Gasteiger partial charge in [0, 0.05) is 26.2 Å². The quantitative estimate of drug-likeness (QED) is 0.679. The van der Waals surface area contributed by atoms with E-state index in [1.165, 1.54) is 0 Å². The molecule has 0 aliphatic heterocycles. The van der Waals surface area contributed by atoms with E-state index in [0.29, 0.717) is 19.6 Å². The maximum absolute atomic E-state index is 11.9. The summed E-state index contributed by atoms with van der Waals surface area (Å²) in [5.41, 5.74) is 5.74. The lowest BCUT2D eigenvalue weighted by molar-refractivity contribution is -0.158. The Labute approximate surface area is 105 Å². The molecule has 1 fully saturated rings. The van der Waals surface area contributed by atoms with Gasteiger partial charge in [-0.15, -0.1) is 0 Å². The normalized spacial score (nSPS) is 28.2. The Morgan fingerprint density at radius 3 is 2.44 bits per heavy atom. The van der Waals surface area contributed by atoms with Crippen molar-refractivity contribution in [1.29, 1.82) is 0 Å². The van der Waals surface area contributed by atoms with Gasteiger partial charge in [-0.2, -0.15) is 13.2 Å². The molecule has 0 heterocycles. The van der Waals surface area contributed by atoms with Gasteiger partial charge in [-0.3, -0.25) is 0 Å². The Hall–Kier alpha value is -0.370. The SMILES string of the molecule is COCCOC1C(N)CC1OCCCC(F)(F)F. The first kappa shape index (κ1) is 15.7. The van der Waals surface area contributed by atoms with Crippen LogP contribution in [0.15, 0.2) is 0 Å². The average Bonchev–Trinajstić information content (AvgIpc) is 2.27. The summed E-state index contributed by atoms with van der Waals surface area (Å²) >= 11 is 0. The third-order valence-corrected chi connectivity index (χ3v) is 2.83. The average molecular weight is 271 g/mol. The number of halogens is 3. The van der Waals surface area contributed by atoms with Crippen LogP contribution >= 0.6 is 0 Å². The molecular formula is C11H20F3NO3. The highest BCUT2D eigenvalue weighted by Gasteiger charge is 2.40. The van der Waals surface area contributed by atoms with Gasteiger partial charge in [-0.1, -0.05) is 0 Å². The summed E-state index contributed by atoms with van der Waals surface area (Å²) in [4.78, 5) is 0. The zero-order valence-corrected chi connectivity index (χ0v) is 10.4. The van der Waals surface area contributed by atoms with Gasteiger partial charge < -0.3 is 19.9 Å². The summed E-state index contributed by atoms with van der Waals surface area (Å²) in [6, 6.07) is -0.102. The number of hydrogen-bond acceptors (Lipinski definition) is 4. The van der Waals surface area contributed by atoms with E-state index in [-0.39, 0.29) is 31.3 Å². The van der Waals surface area contributed by atoms with Crippen LogP contribution in [0.3, 0.4) is 0 Å². The van der Waals surface area contributed by atoms with Gasteiger partial charge in [0.05, 0.1) is 25.4 Å². The first-order valence-electron chi connectivity index (χ1n) is 5.98. The summed E-state index contributed by atoms with van der Waals surface area (Å²) in [7, 11) is 1.56. The number of methoxy groups -OCH3 is 1. The van der Waals surface area contributed by atoms with E-state index >= 15 is 0 Å². The van der Waals surface area contributed by atoms with Crippen molar-refractivity contribution < 1.29 is 27.4 Å². The van der Waals surface area contributed by atoms with Crippen LogP contribution in [0.5, 0.6) is 0 Å². The molecule has 1 aliphatic rings. The summed E-state index contributed by atoms with van der Waals surface area (Å²) in [5, 5.41) is 0. The summed E-state index contributed by atoms with van der Waals surface area (Å²) < 4.78 is 51.3. The van der Waals surface area contributed by atoms with Crippen molar-refractivity contribution in [2.45, 2.75) is 43.7 Å². The fraction of sp³-hybridized carbons (Fsp3) is 1.00. The molecule has 0 bridgehead atoms. The van der Waals surface area contributed by atoms with Crippen LogP contribution in [-0.4, -0.2) is 51.4 Å². The van der Waals surface area contributed by atoms with E-state index in [0.717, 1.165) is 0 Å². The van der Waals surface area contributed by atoms with Crippen molar-refractivity contribution in [2.75, 3.05) is 26.9 Å². The molecule has 3 atom stereocenters. The minimum atomic E-state index is -4.12. The Kier molecular flexibility index (Phi) is 6.34. The molecule has 0 radical (unpaired) electrons. The minimum Gasteiger partial charge on any atom is -0.382 e. The molecule has 0 aromatic heterocycles. The number of rotatable bonds is 8. The highest BCUT2D eigenvalue weighted by Crippen LogP contribution is 2.27. The van der Waals surface area contributed by atoms with Crippen molar-refractivity contribution in [3.05, 3.63) is 0 Å². The Morgan fingerprint density at radius 2 is 1.89 bits per heavy atom. The van der Waals surface area contributed by atoms with Gasteiger partial charge in [0.1, 0.15) is 0 Å². The molecule has 0 aromatic rings. The lowest BCUT2D eigenvalue weighted by atomic mass is 9.86. The lowest BCUT2D eigenvalue weighted by Gasteiger charge is -2.41. The van der Waals surface area contributed by atoms with Gasteiger partial charge in [0.25, 0.3) is 0 Å². The fourth-order valence-electron chi connectivity index (χ4n) is 1.79. The van der Waals surface area contributed by atoms with Crippen LogP contribution in [0, 0.1) is 0 Å². The predicted octanol–water partition coefficient (Wildman–Crippen LogP) is 1.48. The van der Waals surface area contributed by atoms with Gasteiger partial charge in [-0.25, -0.2) is 0 Å². The van der Waals surface area contributed by atoms with Gasteiger partial charge in [0.15, 0.2) is 0 Å². The van der Waals surface area contributed by atoms with Crippen LogP contribution in [0.1, 0.15) is 19.3 Å². The zero-order chi connectivity index (χ0) is 13.6. The number of hydrogen-bond donors (Lipinski definition) is 1. The van der Waals surface area contributed by atoms with Crippen LogP contribution in [-0.2, 0) is 14.2 Å². The molecule has 0 saturated heterocycles. The van der Waals surface area contributed by atoms with E-state index in [4.69, 9.17) is 19.9 Å². The van der Waals surface area contributed by atoms with E-state index in [2.05, 4.69) is 0 Å². The van der Waals surface area contributed by atoms with E-state index in [1.807, 2.05) is 0 Å². The molecule has 7 heteroatoms. The van der Waals surface area contributed by atoms with Crippen molar-refractivity contribution in [3.8, 4) is 0 Å². The van der Waals surface area contributed by atoms with Crippen molar-refractivity contribution in [3.63, 3.8) is 0 Å². The fourth-order valence-corrected chi connectivity index (χ4v) is 1.79. The summed E-state index contributed by atoms with van der Waals surface area (Å²) in [5.74, 6) is 0. The molecule has 1 aliphatic carbocycles. The van der Waals surface area contributed by atoms with Gasteiger partial charge >= 0.3 is 6.18 Å². The highest BCUT2D eigenvalue weighted by molar-refractivity contribution is 4.95. The van der Waals surface area contributed by atoms with E-state index in [1.54, 1.807) is 7.11 Å². The first-order valence-corrected chi connectivity index (χ1v) is 5.98. The Morgan fingerprint density at radius 1 is 1.17 bits per heavy atom.